The van der Waals surface area contributed by atoms with Crippen LogP contribution in [0.1, 0.15) is 29.3 Å². The van der Waals surface area contributed by atoms with Crippen molar-refractivity contribution in [3.05, 3.63) is 47.3 Å². The van der Waals surface area contributed by atoms with Gasteiger partial charge in [-0.2, -0.15) is 5.10 Å². The summed E-state index contributed by atoms with van der Waals surface area (Å²) in [5, 5.41) is 14.4. The Bertz CT molecular complexity index is 653. The lowest BCUT2D eigenvalue weighted by molar-refractivity contribution is 0.172. The summed E-state index contributed by atoms with van der Waals surface area (Å²) >= 11 is 0. The quantitative estimate of drug-likeness (QED) is 0.939. The zero-order valence-electron chi connectivity index (χ0n) is 13.4. The number of rotatable bonds is 4. The van der Waals surface area contributed by atoms with Crippen molar-refractivity contribution in [1.29, 1.82) is 0 Å². The number of aliphatic hydroxyl groups is 1. The fraction of sp³-hybridized carbons (Fsp3) is 0.471. The van der Waals surface area contributed by atoms with Gasteiger partial charge in [0.25, 0.3) is 0 Å². The number of hydrogen-bond acceptors (Lipinski definition) is 4. The van der Waals surface area contributed by atoms with Gasteiger partial charge in [-0.05, 0) is 31.0 Å². The van der Waals surface area contributed by atoms with Crippen LogP contribution in [-0.4, -0.2) is 39.5 Å². The van der Waals surface area contributed by atoms with Crippen LogP contribution in [0, 0.1) is 6.92 Å². The minimum absolute atomic E-state index is 0.213. The SMILES string of the molecule is COc1cccc([C@H]2C[C@H](O)CN2Cc2cnn(C)c2C)c1. The number of ether oxygens (including phenoxy) is 1. The van der Waals surface area contributed by atoms with E-state index in [2.05, 4.69) is 29.1 Å². The summed E-state index contributed by atoms with van der Waals surface area (Å²) in [6.07, 6.45) is 2.39. The summed E-state index contributed by atoms with van der Waals surface area (Å²) in [7, 11) is 3.64. The molecule has 1 saturated heterocycles. The Labute approximate surface area is 131 Å². The summed E-state index contributed by atoms with van der Waals surface area (Å²) in [5.41, 5.74) is 3.58. The molecular formula is C17H23N3O2. The number of β-amino-alcohol motifs (C(OH)–C–C–N with tert-alkyl or cyclic N) is 1. The van der Waals surface area contributed by atoms with Crippen LogP contribution in [0.5, 0.6) is 5.75 Å². The van der Waals surface area contributed by atoms with Gasteiger partial charge in [0, 0.05) is 37.4 Å². The van der Waals surface area contributed by atoms with Crippen LogP contribution < -0.4 is 4.74 Å². The number of aryl methyl sites for hydroxylation is 1. The highest BCUT2D eigenvalue weighted by Gasteiger charge is 2.32. The largest absolute Gasteiger partial charge is 0.497 e. The van der Waals surface area contributed by atoms with Crippen molar-refractivity contribution in [2.75, 3.05) is 13.7 Å². The second kappa shape index (κ2) is 6.10. The number of hydrogen-bond donors (Lipinski definition) is 1. The lowest BCUT2D eigenvalue weighted by Gasteiger charge is -2.24. The molecular weight excluding hydrogens is 278 g/mol. The summed E-state index contributed by atoms with van der Waals surface area (Å²) < 4.78 is 7.21. The maximum Gasteiger partial charge on any atom is 0.119 e. The smallest absolute Gasteiger partial charge is 0.119 e. The molecule has 118 valence electrons. The van der Waals surface area contributed by atoms with Gasteiger partial charge < -0.3 is 9.84 Å². The van der Waals surface area contributed by atoms with Gasteiger partial charge in [0.2, 0.25) is 0 Å². The zero-order chi connectivity index (χ0) is 15.7. The van der Waals surface area contributed by atoms with Crippen molar-refractivity contribution < 1.29 is 9.84 Å². The van der Waals surface area contributed by atoms with Crippen molar-refractivity contribution in [3.63, 3.8) is 0 Å². The van der Waals surface area contributed by atoms with Crippen LogP contribution in [0.15, 0.2) is 30.5 Å². The fourth-order valence-corrected chi connectivity index (χ4v) is 3.17. The van der Waals surface area contributed by atoms with Crippen LogP contribution in [0.25, 0.3) is 0 Å². The maximum atomic E-state index is 10.1. The molecule has 0 bridgehead atoms. The molecule has 0 saturated carbocycles. The molecule has 1 aliphatic rings. The molecule has 1 aromatic carbocycles. The number of nitrogens with zero attached hydrogens (tertiary/aromatic N) is 3. The van der Waals surface area contributed by atoms with E-state index in [4.69, 9.17) is 4.74 Å². The molecule has 0 unspecified atom stereocenters. The van der Waals surface area contributed by atoms with Crippen LogP contribution in [0.3, 0.4) is 0 Å². The lowest BCUT2D eigenvalue weighted by atomic mass is 10.0. The first-order chi connectivity index (χ1) is 10.6. The van der Waals surface area contributed by atoms with Gasteiger partial charge in [0.15, 0.2) is 0 Å². The number of methoxy groups -OCH3 is 1. The third-order valence-electron chi connectivity index (χ3n) is 4.57. The van der Waals surface area contributed by atoms with Crippen LogP contribution in [0.2, 0.25) is 0 Å². The monoisotopic (exact) mass is 301 g/mol. The average molecular weight is 301 g/mol. The van der Waals surface area contributed by atoms with Crippen molar-refractivity contribution in [2.45, 2.75) is 32.0 Å². The second-order valence-electron chi connectivity index (χ2n) is 5.99. The molecule has 2 atom stereocenters. The Morgan fingerprint density at radius 1 is 1.41 bits per heavy atom. The van der Waals surface area contributed by atoms with Gasteiger partial charge in [0.1, 0.15) is 5.75 Å². The number of aromatic nitrogens is 2. The Balaban J connectivity index is 1.84. The van der Waals surface area contributed by atoms with Gasteiger partial charge >= 0.3 is 0 Å². The molecule has 1 aromatic heterocycles. The average Bonchev–Trinajstić information content (AvgIpc) is 3.04. The molecule has 2 heterocycles. The molecule has 5 heteroatoms. The molecule has 5 nitrogen and oxygen atoms in total. The molecule has 22 heavy (non-hydrogen) atoms. The van der Waals surface area contributed by atoms with Crippen molar-refractivity contribution >= 4 is 0 Å². The van der Waals surface area contributed by atoms with Crippen LogP contribution in [-0.2, 0) is 13.6 Å². The highest BCUT2D eigenvalue weighted by Crippen LogP contribution is 2.35. The molecule has 1 N–H and O–H groups in total. The van der Waals surface area contributed by atoms with E-state index in [9.17, 15) is 5.11 Å². The van der Waals surface area contributed by atoms with E-state index in [1.807, 2.05) is 30.1 Å². The fourth-order valence-electron chi connectivity index (χ4n) is 3.17. The predicted octanol–water partition coefficient (Wildman–Crippen LogP) is 2.05. The lowest BCUT2D eigenvalue weighted by Crippen LogP contribution is -2.24. The molecule has 1 fully saturated rings. The van der Waals surface area contributed by atoms with Gasteiger partial charge in [-0.3, -0.25) is 9.58 Å². The Kier molecular flexibility index (Phi) is 4.18. The van der Waals surface area contributed by atoms with E-state index in [1.165, 1.54) is 16.8 Å². The first kappa shape index (κ1) is 15.1. The molecule has 2 aromatic rings. The standard InChI is InChI=1S/C17H23N3O2/c1-12-14(9-18-19(12)2)10-20-11-15(21)8-17(20)13-5-4-6-16(7-13)22-3/h4-7,9,15,17,21H,8,10-11H2,1-3H3/t15-,17+/m0/s1. The summed E-state index contributed by atoms with van der Waals surface area (Å²) in [6.45, 7) is 3.57. The Hall–Kier alpha value is -1.85. The molecule has 3 rings (SSSR count). The van der Waals surface area contributed by atoms with E-state index >= 15 is 0 Å². The Morgan fingerprint density at radius 2 is 2.23 bits per heavy atom. The second-order valence-corrected chi connectivity index (χ2v) is 5.99. The topological polar surface area (TPSA) is 50.5 Å². The van der Waals surface area contributed by atoms with Gasteiger partial charge in [-0.1, -0.05) is 12.1 Å². The first-order valence-electron chi connectivity index (χ1n) is 7.62. The van der Waals surface area contributed by atoms with Gasteiger partial charge in [-0.15, -0.1) is 0 Å². The minimum Gasteiger partial charge on any atom is -0.497 e. The van der Waals surface area contributed by atoms with Crippen molar-refractivity contribution in [2.24, 2.45) is 7.05 Å². The van der Waals surface area contributed by atoms with Gasteiger partial charge in [-0.25, -0.2) is 0 Å². The van der Waals surface area contributed by atoms with Crippen molar-refractivity contribution in [3.8, 4) is 5.75 Å². The third kappa shape index (κ3) is 2.87. The predicted molar refractivity (Wildman–Crippen MR) is 84.7 cm³/mol. The van der Waals surface area contributed by atoms with E-state index in [0.29, 0.717) is 6.54 Å². The van der Waals surface area contributed by atoms with E-state index in [-0.39, 0.29) is 12.1 Å². The third-order valence-corrected chi connectivity index (χ3v) is 4.57. The van der Waals surface area contributed by atoms with E-state index < -0.39 is 0 Å². The van der Waals surface area contributed by atoms with Crippen molar-refractivity contribution in [1.82, 2.24) is 14.7 Å². The molecule has 1 aliphatic heterocycles. The van der Waals surface area contributed by atoms with Crippen LogP contribution in [0.4, 0.5) is 0 Å². The summed E-state index contributed by atoms with van der Waals surface area (Å²) in [6, 6.07) is 8.33. The molecule has 0 radical (unpaired) electrons. The molecule has 0 spiro atoms. The first-order valence-corrected chi connectivity index (χ1v) is 7.62. The maximum absolute atomic E-state index is 10.1. The van der Waals surface area contributed by atoms with Gasteiger partial charge in [0.05, 0.1) is 19.4 Å². The van der Waals surface area contributed by atoms with E-state index in [1.54, 1.807) is 7.11 Å². The highest BCUT2D eigenvalue weighted by molar-refractivity contribution is 5.31. The summed E-state index contributed by atoms with van der Waals surface area (Å²) in [4.78, 5) is 2.32. The normalized spacial score (nSPS) is 22.2. The number of aliphatic hydroxyl groups excluding tert-OH is 1. The molecule has 0 amide bonds. The van der Waals surface area contributed by atoms with Crippen LogP contribution >= 0.6 is 0 Å². The number of benzene rings is 1. The molecule has 0 aliphatic carbocycles. The van der Waals surface area contributed by atoms with E-state index in [0.717, 1.165) is 18.7 Å². The minimum atomic E-state index is -0.284. The zero-order valence-corrected chi connectivity index (χ0v) is 13.4. The Morgan fingerprint density at radius 3 is 2.91 bits per heavy atom. The highest BCUT2D eigenvalue weighted by atomic mass is 16.5. The number of likely N-dealkylation sites (tertiary alicyclic amines) is 1. The summed E-state index contributed by atoms with van der Waals surface area (Å²) in [5.74, 6) is 0.858.